The van der Waals surface area contributed by atoms with Crippen molar-refractivity contribution in [3.05, 3.63) is 24.3 Å². The maximum Gasteiger partial charge on any atom is 0.306 e. The summed E-state index contributed by atoms with van der Waals surface area (Å²) >= 11 is 0. The molecule has 0 heterocycles. The second kappa shape index (κ2) is 47.4. The second-order valence-corrected chi connectivity index (χ2v) is 17.9. The molecule has 0 aliphatic heterocycles. The van der Waals surface area contributed by atoms with Crippen molar-refractivity contribution in [2.75, 3.05) is 6.61 Å². The van der Waals surface area contributed by atoms with Crippen LogP contribution in [0, 0.1) is 0 Å². The molecule has 0 aromatic heterocycles. The minimum absolute atomic E-state index is 0.0797. The number of rotatable bonds is 47. The Labute approximate surface area is 367 Å². The molecule has 0 spiro atoms. The van der Waals surface area contributed by atoms with Crippen LogP contribution in [0.3, 0.4) is 0 Å². The summed E-state index contributed by atoms with van der Waals surface area (Å²) in [6, 6.07) is -0.697. The van der Waals surface area contributed by atoms with Gasteiger partial charge in [-0.25, -0.2) is 0 Å². The molecule has 0 aliphatic rings. The van der Waals surface area contributed by atoms with Gasteiger partial charge in [-0.1, -0.05) is 231 Å². The third-order valence-corrected chi connectivity index (χ3v) is 12.0. The molecule has 0 aromatic carbocycles. The molecule has 0 fully saturated rings. The summed E-state index contributed by atoms with van der Waals surface area (Å²) in [7, 11) is 0. The van der Waals surface area contributed by atoms with Crippen LogP contribution in [0.5, 0.6) is 0 Å². The van der Waals surface area contributed by atoms with Gasteiger partial charge in [0, 0.05) is 6.42 Å². The van der Waals surface area contributed by atoms with E-state index in [-0.39, 0.29) is 24.9 Å². The third kappa shape index (κ3) is 42.8. The maximum absolute atomic E-state index is 13.2. The molecular formula is C53H101NO5. The Kier molecular flexibility index (Phi) is 46.1. The van der Waals surface area contributed by atoms with Gasteiger partial charge in [0.05, 0.1) is 25.2 Å². The van der Waals surface area contributed by atoms with E-state index in [9.17, 15) is 19.8 Å². The van der Waals surface area contributed by atoms with Gasteiger partial charge in [-0.3, -0.25) is 9.59 Å². The number of amides is 1. The highest BCUT2D eigenvalue weighted by molar-refractivity contribution is 5.77. The smallest absolute Gasteiger partial charge is 0.306 e. The van der Waals surface area contributed by atoms with Crippen LogP contribution in [0.1, 0.15) is 278 Å². The minimum Gasteiger partial charge on any atom is -0.462 e. The predicted octanol–water partition coefficient (Wildman–Crippen LogP) is 15.5. The first kappa shape index (κ1) is 57.3. The van der Waals surface area contributed by atoms with E-state index in [0.29, 0.717) is 19.3 Å². The number of allylic oxidation sites excluding steroid dienone is 4. The minimum atomic E-state index is -0.783. The van der Waals surface area contributed by atoms with Crippen molar-refractivity contribution in [3.8, 4) is 0 Å². The first-order chi connectivity index (χ1) is 29.0. The zero-order valence-electron chi connectivity index (χ0n) is 39.7. The fourth-order valence-corrected chi connectivity index (χ4v) is 8.05. The van der Waals surface area contributed by atoms with E-state index in [2.05, 4.69) is 50.4 Å². The molecule has 0 radical (unpaired) electrons. The van der Waals surface area contributed by atoms with Crippen LogP contribution in [0.25, 0.3) is 0 Å². The monoisotopic (exact) mass is 832 g/mol. The lowest BCUT2D eigenvalue weighted by Gasteiger charge is -2.24. The van der Waals surface area contributed by atoms with Crippen LogP contribution in [0.2, 0.25) is 0 Å². The summed E-state index contributed by atoms with van der Waals surface area (Å²) in [4.78, 5) is 26.1. The largest absolute Gasteiger partial charge is 0.462 e. The van der Waals surface area contributed by atoms with Gasteiger partial charge in [0.15, 0.2) is 0 Å². The van der Waals surface area contributed by atoms with Crippen LogP contribution in [0.4, 0.5) is 0 Å². The van der Waals surface area contributed by atoms with Crippen LogP contribution in [-0.2, 0) is 14.3 Å². The van der Waals surface area contributed by atoms with Crippen molar-refractivity contribution in [2.24, 2.45) is 0 Å². The van der Waals surface area contributed by atoms with Gasteiger partial charge in [0.1, 0.15) is 6.10 Å². The predicted molar refractivity (Wildman–Crippen MR) is 255 cm³/mol. The molecule has 59 heavy (non-hydrogen) atoms. The molecule has 6 nitrogen and oxygen atoms in total. The zero-order chi connectivity index (χ0) is 43.1. The molecule has 0 aliphatic carbocycles. The Morgan fingerprint density at radius 1 is 0.492 bits per heavy atom. The Morgan fingerprint density at radius 2 is 0.864 bits per heavy atom. The van der Waals surface area contributed by atoms with Crippen molar-refractivity contribution in [1.29, 1.82) is 0 Å². The van der Waals surface area contributed by atoms with Crippen molar-refractivity contribution in [2.45, 2.75) is 296 Å². The topological polar surface area (TPSA) is 95.9 Å². The fraction of sp³-hybridized carbons (Fsp3) is 0.887. The number of aliphatic hydroxyl groups is 2. The van der Waals surface area contributed by atoms with E-state index in [1.807, 2.05) is 0 Å². The number of hydrogen-bond acceptors (Lipinski definition) is 5. The highest BCUT2D eigenvalue weighted by Crippen LogP contribution is 2.18. The third-order valence-electron chi connectivity index (χ3n) is 12.0. The van der Waals surface area contributed by atoms with Crippen molar-refractivity contribution in [3.63, 3.8) is 0 Å². The van der Waals surface area contributed by atoms with Crippen LogP contribution >= 0.6 is 0 Å². The van der Waals surface area contributed by atoms with Gasteiger partial charge in [-0.15, -0.1) is 0 Å². The molecule has 0 rings (SSSR count). The number of hydrogen-bond donors (Lipinski definition) is 3. The summed E-state index contributed by atoms with van der Waals surface area (Å²) in [5, 5.41) is 23.7. The Morgan fingerprint density at radius 3 is 1.32 bits per heavy atom. The van der Waals surface area contributed by atoms with Gasteiger partial charge >= 0.3 is 5.97 Å². The molecule has 0 saturated heterocycles. The first-order valence-corrected chi connectivity index (χ1v) is 26.1. The van der Waals surface area contributed by atoms with E-state index in [4.69, 9.17) is 4.74 Å². The molecule has 0 saturated carbocycles. The van der Waals surface area contributed by atoms with Crippen LogP contribution < -0.4 is 5.32 Å². The number of carbonyl (C=O) groups is 2. The summed E-state index contributed by atoms with van der Waals surface area (Å²) in [5.74, 6) is -0.469. The van der Waals surface area contributed by atoms with Gasteiger partial charge in [0.25, 0.3) is 0 Å². The first-order valence-electron chi connectivity index (χ1n) is 26.1. The molecule has 0 bridgehead atoms. The van der Waals surface area contributed by atoms with Crippen molar-refractivity contribution < 1.29 is 24.5 Å². The SMILES string of the molecule is CCCCC/C=C\C/C=C\CCCCCCCCCC(=O)OC(CCCCCCCCCCCCCCCC)CC(=O)NC(CO)C(O)CCCCCCCCCCC. The number of carbonyl (C=O) groups excluding carboxylic acids is 2. The molecule has 0 aromatic rings. The molecular weight excluding hydrogens is 731 g/mol. The molecule has 3 atom stereocenters. The standard InChI is InChI=1S/C53H101NO5/c1-4-7-10-13-16-19-21-23-25-26-27-29-31-34-37-40-43-46-53(58)59-49(44-41-38-35-33-30-28-24-22-20-17-14-11-8-5-2)47-52(57)54-50(48-55)51(56)45-42-39-36-32-18-15-12-9-6-3/h16,19,23,25,49-51,55-56H,4-15,17-18,20-22,24,26-48H2,1-3H3,(H,54,57)/b19-16-,25-23-. The number of unbranched alkanes of at least 4 members (excludes halogenated alkanes) is 31. The lowest BCUT2D eigenvalue weighted by molar-refractivity contribution is -0.151. The lowest BCUT2D eigenvalue weighted by Crippen LogP contribution is -2.46. The highest BCUT2D eigenvalue weighted by Gasteiger charge is 2.24. The number of esters is 1. The Balaban J connectivity index is 4.53. The number of ether oxygens (including phenoxy) is 1. The summed E-state index contributed by atoms with van der Waals surface area (Å²) in [6.45, 7) is 6.46. The average Bonchev–Trinajstić information content (AvgIpc) is 3.23. The van der Waals surface area contributed by atoms with E-state index in [1.165, 1.54) is 167 Å². The molecule has 3 unspecified atom stereocenters. The highest BCUT2D eigenvalue weighted by atomic mass is 16.5. The summed E-state index contributed by atoms with van der Waals surface area (Å²) in [6.07, 6.45) is 53.8. The van der Waals surface area contributed by atoms with Gasteiger partial charge in [0.2, 0.25) is 5.91 Å². The Hall–Kier alpha value is -1.66. The van der Waals surface area contributed by atoms with Gasteiger partial charge < -0.3 is 20.3 Å². The molecule has 348 valence electrons. The maximum atomic E-state index is 13.2. The van der Waals surface area contributed by atoms with Crippen LogP contribution in [0.15, 0.2) is 24.3 Å². The number of aliphatic hydroxyl groups excluding tert-OH is 2. The average molecular weight is 832 g/mol. The van der Waals surface area contributed by atoms with Gasteiger partial charge in [-0.05, 0) is 57.8 Å². The van der Waals surface area contributed by atoms with Crippen molar-refractivity contribution in [1.82, 2.24) is 5.32 Å². The van der Waals surface area contributed by atoms with E-state index in [0.717, 1.165) is 64.2 Å². The van der Waals surface area contributed by atoms with Crippen LogP contribution in [-0.4, -0.2) is 46.9 Å². The summed E-state index contributed by atoms with van der Waals surface area (Å²) < 4.78 is 5.94. The van der Waals surface area contributed by atoms with Gasteiger partial charge in [-0.2, -0.15) is 0 Å². The van der Waals surface area contributed by atoms with E-state index in [1.54, 1.807) is 0 Å². The fourth-order valence-electron chi connectivity index (χ4n) is 8.05. The number of nitrogens with one attached hydrogen (secondary N) is 1. The lowest BCUT2D eigenvalue weighted by atomic mass is 10.0. The molecule has 1 amide bonds. The Bertz CT molecular complexity index is 935. The van der Waals surface area contributed by atoms with E-state index >= 15 is 0 Å². The van der Waals surface area contributed by atoms with Crippen molar-refractivity contribution >= 4 is 11.9 Å². The zero-order valence-corrected chi connectivity index (χ0v) is 39.7. The summed E-state index contributed by atoms with van der Waals surface area (Å²) in [5.41, 5.74) is 0. The molecule has 6 heteroatoms. The molecule has 3 N–H and O–H groups in total. The second-order valence-electron chi connectivity index (χ2n) is 17.9. The normalized spacial score (nSPS) is 13.4. The quantitative estimate of drug-likeness (QED) is 0.0322. The van der Waals surface area contributed by atoms with E-state index < -0.39 is 18.2 Å².